The topological polar surface area (TPSA) is 139 Å². The molecule has 2 unspecified atom stereocenters. The molecule has 2 atom stereocenters. The predicted octanol–water partition coefficient (Wildman–Crippen LogP) is 11.4. The third kappa shape index (κ3) is 8.92. The highest BCUT2D eigenvalue weighted by Gasteiger charge is 2.63. The summed E-state index contributed by atoms with van der Waals surface area (Å²) in [5.41, 5.74) is 1.26. The van der Waals surface area contributed by atoms with Crippen LogP contribution in [-0.2, 0) is 9.13 Å². The smallest absolute Gasteiger partial charge is 0.229 e. The first-order valence-electron chi connectivity index (χ1n) is 21.1. The van der Waals surface area contributed by atoms with Gasteiger partial charge in [0.2, 0.25) is 18.2 Å². The number of carbonyl (C=O) groups is 4. The Morgan fingerprint density at radius 2 is 0.906 bits per heavy atom. The molecule has 0 aromatic heterocycles. The molecule has 0 aliphatic carbocycles. The molecule has 0 fully saturated rings. The fourth-order valence-corrected chi connectivity index (χ4v) is 15.0. The molecule has 0 saturated carbocycles. The number of rotatable bonds is 19. The molecule has 5 rings (SSSR count). The van der Waals surface area contributed by atoms with Gasteiger partial charge < -0.3 is 28.1 Å². The average molecular weight is 907 g/mol. The van der Waals surface area contributed by atoms with Crippen LogP contribution in [0.2, 0.25) is 0 Å². The van der Waals surface area contributed by atoms with Crippen molar-refractivity contribution in [2.24, 2.45) is 11.3 Å². The van der Waals surface area contributed by atoms with Crippen molar-refractivity contribution in [3.8, 4) is 23.0 Å². The first kappa shape index (κ1) is 49.5. The van der Waals surface area contributed by atoms with Crippen LogP contribution in [0, 0.1) is 52.9 Å². The Kier molecular flexibility index (Phi) is 15.2. The maximum Gasteiger partial charge on any atom is 0.229 e. The molecule has 5 aromatic rings. The summed E-state index contributed by atoms with van der Waals surface area (Å²) in [5, 5.41) is -2.23. The Morgan fingerprint density at radius 3 is 1.23 bits per heavy atom. The van der Waals surface area contributed by atoms with Gasteiger partial charge in [0.1, 0.15) is 41.9 Å². The van der Waals surface area contributed by atoms with Crippen LogP contribution in [0.4, 0.5) is 0 Å². The second kappa shape index (κ2) is 19.7. The number of ketones is 2. The highest BCUT2D eigenvalue weighted by molar-refractivity contribution is 7.95. The molecule has 0 amide bonds. The number of ether oxygens (including phenoxy) is 4. The summed E-state index contributed by atoms with van der Waals surface area (Å²) >= 11 is 0. The van der Waals surface area contributed by atoms with Crippen molar-refractivity contribution in [2.75, 3.05) is 34.6 Å². The van der Waals surface area contributed by atoms with Crippen molar-refractivity contribution in [2.45, 2.75) is 73.9 Å². The van der Waals surface area contributed by atoms with E-state index in [9.17, 15) is 0 Å². The summed E-state index contributed by atoms with van der Waals surface area (Å²) in [6.07, 6.45) is -0.529. The Hall–Kier alpha value is -5.56. The molecule has 0 bridgehead atoms. The van der Waals surface area contributed by atoms with E-state index < -0.39 is 60.2 Å². The fourth-order valence-electron chi connectivity index (χ4n) is 9.74. The van der Waals surface area contributed by atoms with Crippen molar-refractivity contribution < 1.29 is 47.3 Å². The maximum atomic E-state index is 16.2. The van der Waals surface area contributed by atoms with Crippen LogP contribution in [0.15, 0.2) is 91.0 Å². The van der Waals surface area contributed by atoms with Gasteiger partial charge >= 0.3 is 0 Å². The molecular formula is C52H60O10P2. The van der Waals surface area contributed by atoms with Crippen LogP contribution in [0.25, 0.3) is 0 Å². The third-order valence-corrected chi connectivity index (χ3v) is 17.8. The standard InChI is InChI=1S/C52H60O10P2/c1-31-25-34(4)43(35(5)26-31)49(55)64(58,50(56)44-36(6)27-32(2)28-37(44)7)30-33(3)29-51(8,9)52(63(57)38-19-15-14-16-20-38,47(53)45-39(59-10)21-17-22-40(45)60-11)48(54)46-41(61-12)23-18-24-42(46)62-13/h14-28,33,63H,29-30H2,1-13H3. The first-order valence-corrected chi connectivity index (χ1v) is 24.4. The number of benzene rings is 5. The Morgan fingerprint density at radius 1 is 0.562 bits per heavy atom. The fraction of sp³-hybridized carbons (Fsp3) is 0.346. The van der Waals surface area contributed by atoms with E-state index in [1.807, 2.05) is 38.1 Å². The lowest BCUT2D eigenvalue weighted by Crippen LogP contribution is -2.56. The van der Waals surface area contributed by atoms with Crippen LogP contribution < -0.4 is 24.3 Å². The molecule has 12 heteroatoms. The molecular weight excluding hydrogens is 847 g/mol. The number of hydrogen-bond acceptors (Lipinski definition) is 10. The number of methoxy groups -OCH3 is 4. The summed E-state index contributed by atoms with van der Waals surface area (Å²) in [7, 11) is -2.67. The molecule has 0 radical (unpaired) electrons. The van der Waals surface area contributed by atoms with E-state index in [-0.39, 0.29) is 57.0 Å². The maximum absolute atomic E-state index is 16.2. The van der Waals surface area contributed by atoms with Gasteiger partial charge in [-0.05, 0) is 106 Å². The minimum Gasteiger partial charge on any atom is -0.496 e. The van der Waals surface area contributed by atoms with Gasteiger partial charge in [-0.3, -0.25) is 19.2 Å². The molecule has 5 aromatic carbocycles. The quantitative estimate of drug-likeness (QED) is 0.0447. The molecule has 0 heterocycles. The molecule has 338 valence electrons. The lowest BCUT2D eigenvalue weighted by Gasteiger charge is -2.46. The van der Waals surface area contributed by atoms with Crippen molar-refractivity contribution in [3.63, 3.8) is 0 Å². The van der Waals surface area contributed by atoms with E-state index in [4.69, 9.17) is 18.9 Å². The highest BCUT2D eigenvalue weighted by Crippen LogP contribution is 2.61. The average Bonchev–Trinajstić information content (AvgIpc) is 3.24. The van der Waals surface area contributed by atoms with Gasteiger partial charge in [0.25, 0.3) is 0 Å². The van der Waals surface area contributed by atoms with Crippen LogP contribution in [-0.4, -0.2) is 62.4 Å². The molecule has 0 aliphatic rings. The Labute approximate surface area is 378 Å². The van der Waals surface area contributed by atoms with Gasteiger partial charge in [-0.25, -0.2) is 0 Å². The van der Waals surface area contributed by atoms with E-state index >= 15 is 28.3 Å². The number of carbonyl (C=O) groups excluding carboxylic acids is 4. The van der Waals surface area contributed by atoms with Crippen molar-refractivity contribution >= 4 is 42.9 Å². The van der Waals surface area contributed by atoms with Gasteiger partial charge in [-0.15, -0.1) is 0 Å². The SMILES string of the molecule is COc1cccc(OC)c1C(=O)C(C(=O)c1c(OC)cccc1OC)([PH](=O)c1ccccc1)C(C)(C)CC(C)CP(=O)(C(=O)c1c(C)cc(C)cc1C)C(=O)c1c(C)cc(C)cc1C. The van der Waals surface area contributed by atoms with E-state index in [0.717, 1.165) is 11.1 Å². The molecule has 0 aliphatic heterocycles. The highest BCUT2D eigenvalue weighted by atomic mass is 31.2. The van der Waals surface area contributed by atoms with Gasteiger partial charge in [0, 0.05) is 22.6 Å². The van der Waals surface area contributed by atoms with Gasteiger partial charge in [-0.1, -0.05) is 98.6 Å². The molecule has 0 spiro atoms. The van der Waals surface area contributed by atoms with Crippen molar-refractivity contribution in [1.29, 1.82) is 0 Å². The van der Waals surface area contributed by atoms with Gasteiger partial charge in [0.15, 0.2) is 16.7 Å². The first-order chi connectivity index (χ1) is 30.2. The zero-order valence-corrected chi connectivity index (χ0v) is 41.1. The van der Waals surface area contributed by atoms with E-state index in [0.29, 0.717) is 22.3 Å². The van der Waals surface area contributed by atoms with Crippen LogP contribution in [0.5, 0.6) is 23.0 Å². The van der Waals surface area contributed by atoms with Gasteiger partial charge in [0.05, 0.1) is 28.4 Å². The zero-order chi connectivity index (χ0) is 47.5. The second-order valence-corrected chi connectivity index (χ2v) is 22.1. The Bertz CT molecular complexity index is 2470. The third-order valence-electron chi connectivity index (χ3n) is 12.2. The summed E-state index contributed by atoms with van der Waals surface area (Å²) in [6, 6.07) is 25.1. The second-order valence-electron chi connectivity index (χ2n) is 17.5. The molecule has 0 N–H and O–H groups in total. The molecule has 0 saturated heterocycles. The van der Waals surface area contributed by atoms with Gasteiger partial charge in [-0.2, -0.15) is 0 Å². The monoisotopic (exact) mass is 906 g/mol. The summed E-state index contributed by atoms with van der Waals surface area (Å²) < 4.78 is 55.0. The molecule has 10 nitrogen and oxygen atoms in total. The van der Waals surface area contributed by atoms with Crippen LogP contribution in [0.3, 0.4) is 0 Å². The molecule has 64 heavy (non-hydrogen) atoms. The number of aryl methyl sites for hydroxylation is 6. The van der Waals surface area contributed by atoms with Crippen molar-refractivity contribution in [1.82, 2.24) is 0 Å². The summed E-state index contributed by atoms with van der Waals surface area (Å²) in [4.78, 5) is 62.5. The normalized spacial score (nSPS) is 12.8. The van der Waals surface area contributed by atoms with E-state index in [1.54, 1.807) is 115 Å². The van der Waals surface area contributed by atoms with E-state index in [2.05, 4.69) is 0 Å². The lowest BCUT2D eigenvalue weighted by atomic mass is 9.66. The zero-order valence-electron chi connectivity index (χ0n) is 39.2. The number of hydrogen-bond donors (Lipinski definition) is 0. The number of Topliss-reactive ketones (excluding diaryl/α,β-unsaturated/α-hetero) is 2. The minimum atomic E-state index is -4.57. The summed E-state index contributed by atoms with van der Waals surface area (Å²) in [5.74, 6) is -2.19. The van der Waals surface area contributed by atoms with Crippen LogP contribution in [0.1, 0.15) is 102 Å². The lowest BCUT2D eigenvalue weighted by molar-refractivity contribution is 0.0683. The summed E-state index contributed by atoms with van der Waals surface area (Å²) in [6.45, 7) is 16.0. The van der Waals surface area contributed by atoms with E-state index in [1.165, 1.54) is 28.4 Å². The van der Waals surface area contributed by atoms with Crippen LogP contribution >= 0.6 is 14.9 Å². The van der Waals surface area contributed by atoms with Crippen molar-refractivity contribution in [3.05, 3.63) is 147 Å². The minimum absolute atomic E-state index is 0.0774. The predicted molar refractivity (Wildman–Crippen MR) is 256 cm³/mol. The Balaban J connectivity index is 1.84. The largest absolute Gasteiger partial charge is 0.496 e.